The summed E-state index contributed by atoms with van der Waals surface area (Å²) in [4.78, 5) is 0. The van der Waals surface area contributed by atoms with Crippen LogP contribution in [0.2, 0.25) is 0 Å². The number of aliphatic hydroxyl groups excluding tert-OH is 1. The summed E-state index contributed by atoms with van der Waals surface area (Å²) in [6.45, 7) is 2.07. The highest BCUT2D eigenvalue weighted by atomic mass is 19.1. The van der Waals surface area contributed by atoms with Gasteiger partial charge in [-0.1, -0.05) is 25.5 Å². The number of hydrogen-bond donors (Lipinski definition) is 1. The highest BCUT2D eigenvalue weighted by Crippen LogP contribution is 2.44. The van der Waals surface area contributed by atoms with E-state index in [0.717, 1.165) is 18.4 Å². The molecule has 76 valence electrons. The van der Waals surface area contributed by atoms with Crippen molar-refractivity contribution >= 4 is 0 Å². The van der Waals surface area contributed by atoms with E-state index in [1.165, 1.54) is 6.07 Å². The fraction of sp³-hybridized carbons (Fsp3) is 0.500. The number of benzene rings is 1. The maximum absolute atomic E-state index is 13.0. The first kappa shape index (κ1) is 9.66. The van der Waals surface area contributed by atoms with Gasteiger partial charge < -0.3 is 5.11 Å². The van der Waals surface area contributed by atoms with Gasteiger partial charge in [0.05, 0.1) is 6.10 Å². The fourth-order valence-corrected chi connectivity index (χ4v) is 2.36. The zero-order chi connectivity index (χ0) is 10.1. The second kappa shape index (κ2) is 3.70. The zero-order valence-electron chi connectivity index (χ0n) is 8.28. The minimum atomic E-state index is -0.187. The molecule has 0 bridgehead atoms. The van der Waals surface area contributed by atoms with Crippen molar-refractivity contribution in [3.8, 4) is 0 Å². The van der Waals surface area contributed by atoms with Crippen LogP contribution in [-0.2, 0) is 0 Å². The molecule has 2 rings (SSSR count). The monoisotopic (exact) mass is 194 g/mol. The first-order valence-electron chi connectivity index (χ1n) is 5.16. The van der Waals surface area contributed by atoms with Gasteiger partial charge in [0, 0.05) is 0 Å². The summed E-state index contributed by atoms with van der Waals surface area (Å²) in [7, 11) is 0. The quantitative estimate of drug-likeness (QED) is 0.767. The highest BCUT2D eigenvalue weighted by molar-refractivity contribution is 5.24. The van der Waals surface area contributed by atoms with Crippen LogP contribution in [0.1, 0.15) is 31.2 Å². The van der Waals surface area contributed by atoms with E-state index in [2.05, 4.69) is 6.92 Å². The summed E-state index contributed by atoms with van der Waals surface area (Å²) < 4.78 is 13.0. The van der Waals surface area contributed by atoms with Crippen molar-refractivity contribution < 1.29 is 9.50 Å². The van der Waals surface area contributed by atoms with E-state index in [0.29, 0.717) is 11.8 Å². The Balaban J connectivity index is 2.16. The number of hydrogen-bond acceptors (Lipinski definition) is 1. The van der Waals surface area contributed by atoms with E-state index in [1.54, 1.807) is 12.1 Å². The SMILES string of the molecule is CCC1C(O)CC1c1cccc(F)c1. The van der Waals surface area contributed by atoms with Gasteiger partial charge in [0.2, 0.25) is 0 Å². The number of aliphatic hydroxyl groups is 1. The molecule has 1 N–H and O–H groups in total. The molecular weight excluding hydrogens is 179 g/mol. The molecule has 1 nitrogen and oxygen atoms in total. The Hall–Kier alpha value is -0.890. The van der Waals surface area contributed by atoms with Crippen LogP contribution < -0.4 is 0 Å². The van der Waals surface area contributed by atoms with Crippen LogP contribution in [0.5, 0.6) is 0 Å². The van der Waals surface area contributed by atoms with E-state index in [-0.39, 0.29) is 11.9 Å². The van der Waals surface area contributed by atoms with Crippen molar-refractivity contribution in [1.82, 2.24) is 0 Å². The predicted molar refractivity (Wildman–Crippen MR) is 53.5 cm³/mol. The Morgan fingerprint density at radius 3 is 2.86 bits per heavy atom. The van der Waals surface area contributed by atoms with Crippen molar-refractivity contribution in [3.05, 3.63) is 35.6 Å². The molecule has 3 atom stereocenters. The first-order valence-corrected chi connectivity index (χ1v) is 5.16. The van der Waals surface area contributed by atoms with Gasteiger partial charge in [-0.2, -0.15) is 0 Å². The molecule has 1 aliphatic carbocycles. The lowest BCUT2D eigenvalue weighted by Crippen LogP contribution is -2.39. The Kier molecular flexibility index (Phi) is 2.55. The topological polar surface area (TPSA) is 20.2 Å². The minimum Gasteiger partial charge on any atom is -0.393 e. The smallest absolute Gasteiger partial charge is 0.123 e. The van der Waals surface area contributed by atoms with Crippen LogP contribution in [0.15, 0.2) is 24.3 Å². The lowest BCUT2D eigenvalue weighted by Gasteiger charge is -2.41. The van der Waals surface area contributed by atoms with E-state index < -0.39 is 0 Å². The van der Waals surface area contributed by atoms with Gasteiger partial charge in [-0.15, -0.1) is 0 Å². The van der Waals surface area contributed by atoms with Gasteiger partial charge in [-0.25, -0.2) is 4.39 Å². The van der Waals surface area contributed by atoms with Gasteiger partial charge in [-0.05, 0) is 36.0 Å². The molecule has 1 saturated carbocycles. The molecule has 0 saturated heterocycles. The first-order chi connectivity index (χ1) is 6.72. The molecule has 0 heterocycles. The van der Waals surface area contributed by atoms with Crippen LogP contribution in [0.4, 0.5) is 4.39 Å². The van der Waals surface area contributed by atoms with Crippen molar-refractivity contribution in [2.75, 3.05) is 0 Å². The summed E-state index contributed by atoms with van der Waals surface area (Å²) >= 11 is 0. The Morgan fingerprint density at radius 1 is 1.50 bits per heavy atom. The Morgan fingerprint density at radius 2 is 2.29 bits per heavy atom. The molecule has 1 fully saturated rings. The predicted octanol–water partition coefficient (Wildman–Crippen LogP) is 2.70. The zero-order valence-corrected chi connectivity index (χ0v) is 8.28. The molecular formula is C12H15FO. The normalized spacial score (nSPS) is 31.2. The van der Waals surface area contributed by atoms with Crippen LogP contribution in [0.3, 0.4) is 0 Å². The summed E-state index contributed by atoms with van der Waals surface area (Å²) in [6.07, 6.45) is 1.55. The third-order valence-corrected chi connectivity index (χ3v) is 3.25. The van der Waals surface area contributed by atoms with Crippen LogP contribution in [-0.4, -0.2) is 11.2 Å². The fourth-order valence-electron chi connectivity index (χ4n) is 2.36. The van der Waals surface area contributed by atoms with Crippen molar-refractivity contribution in [1.29, 1.82) is 0 Å². The van der Waals surface area contributed by atoms with E-state index in [4.69, 9.17) is 0 Å². The van der Waals surface area contributed by atoms with Gasteiger partial charge in [0.15, 0.2) is 0 Å². The second-order valence-electron chi connectivity index (χ2n) is 4.04. The average molecular weight is 194 g/mol. The molecule has 1 aromatic carbocycles. The maximum atomic E-state index is 13.0. The average Bonchev–Trinajstić information content (AvgIpc) is 2.14. The lowest BCUT2D eigenvalue weighted by atomic mass is 9.66. The highest BCUT2D eigenvalue weighted by Gasteiger charge is 2.39. The van der Waals surface area contributed by atoms with Crippen molar-refractivity contribution in [3.63, 3.8) is 0 Å². The third kappa shape index (κ3) is 1.55. The van der Waals surface area contributed by atoms with Crippen molar-refractivity contribution in [2.24, 2.45) is 5.92 Å². The molecule has 3 unspecified atom stereocenters. The van der Waals surface area contributed by atoms with E-state index >= 15 is 0 Å². The van der Waals surface area contributed by atoms with Crippen molar-refractivity contribution in [2.45, 2.75) is 31.8 Å². The van der Waals surface area contributed by atoms with Gasteiger partial charge in [0.1, 0.15) is 5.82 Å². The summed E-state index contributed by atoms with van der Waals surface area (Å²) in [6, 6.07) is 6.73. The van der Waals surface area contributed by atoms with Crippen LogP contribution in [0, 0.1) is 11.7 Å². The molecule has 2 heteroatoms. The summed E-state index contributed by atoms with van der Waals surface area (Å²) in [5.41, 5.74) is 1.03. The molecule has 0 aromatic heterocycles. The second-order valence-corrected chi connectivity index (χ2v) is 4.04. The third-order valence-electron chi connectivity index (χ3n) is 3.25. The number of rotatable bonds is 2. The van der Waals surface area contributed by atoms with Gasteiger partial charge >= 0.3 is 0 Å². The van der Waals surface area contributed by atoms with Crippen LogP contribution >= 0.6 is 0 Å². The standard InChI is InChI=1S/C12H15FO/c1-2-10-11(7-12(10)14)8-4-3-5-9(13)6-8/h3-6,10-12,14H,2,7H2,1H3. The molecule has 14 heavy (non-hydrogen) atoms. The summed E-state index contributed by atoms with van der Waals surface area (Å²) in [5, 5.41) is 9.51. The number of halogens is 1. The molecule has 0 amide bonds. The van der Waals surface area contributed by atoms with Gasteiger partial charge in [0.25, 0.3) is 0 Å². The van der Waals surface area contributed by atoms with Gasteiger partial charge in [-0.3, -0.25) is 0 Å². The molecule has 0 spiro atoms. The maximum Gasteiger partial charge on any atom is 0.123 e. The molecule has 1 aromatic rings. The molecule has 0 radical (unpaired) electrons. The minimum absolute atomic E-state index is 0.182. The Bertz CT molecular complexity index is 324. The molecule has 0 aliphatic heterocycles. The molecule has 1 aliphatic rings. The largest absolute Gasteiger partial charge is 0.393 e. The van der Waals surface area contributed by atoms with Crippen LogP contribution in [0.25, 0.3) is 0 Å². The summed E-state index contributed by atoms with van der Waals surface area (Å²) in [5.74, 6) is 0.487. The Labute approximate surface area is 83.6 Å². The lowest BCUT2D eigenvalue weighted by molar-refractivity contribution is -0.000816. The van der Waals surface area contributed by atoms with E-state index in [9.17, 15) is 9.50 Å². The van der Waals surface area contributed by atoms with E-state index in [1.807, 2.05) is 6.07 Å².